The van der Waals surface area contributed by atoms with Crippen LogP contribution in [-0.4, -0.2) is 24.2 Å². The zero-order valence-electron chi connectivity index (χ0n) is 18.6. The first-order valence-corrected chi connectivity index (χ1v) is 11.3. The summed E-state index contributed by atoms with van der Waals surface area (Å²) in [7, 11) is 1.60. The van der Waals surface area contributed by atoms with Crippen LogP contribution in [0.15, 0.2) is 84.2 Å². The van der Waals surface area contributed by atoms with E-state index in [1.54, 1.807) is 43.5 Å². The first kappa shape index (κ1) is 22.8. The van der Waals surface area contributed by atoms with Crippen LogP contribution >= 0.6 is 11.3 Å². The molecule has 3 aromatic carbocycles. The molecular weight excluding hydrogens is 450 g/mol. The average Bonchev–Trinajstić information content (AvgIpc) is 3.34. The Balaban J connectivity index is 1.57. The molecule has 3 N–H and O–H groups in total. The number of benzene rings is 3. The molecule has 1 aromatic heterocycles. The molecule has 0 aliphatic rings. The van der Waals surface area contributed by atoms with Crippen molar-refractivity contribution < 1.29 is 14.3 Å². The first-order valence-electron chi connectivity index (χ1n) is 10.4. The van der Waals surface area contributed by atoms with Gasteiger partial charge in [-0.15, -0.1) is 11.3 Å². The largest absolute Gasteiger partial charge is 0.497 e. The summed E-state index contributed by atoms with van der Waals surface area (Å²) in [5, 5.41) is 8.72. The van der Waals surface area contributed by atoms with Crippen molar-refractivity contribution in [2.24, 2.45) is 0 Å². The predicted octanol–water partition coefficient (Wildman–Crippen LogP) is 5.90. The van der Waals surface area contributed by atoms with Crippen LogP contribution < -0.4 is 25.8 Å². The molecule has 0 atom stereocenters. The smallest absolute Gasteiger partial charge is 0.347 e. The highest BCUT2D eigenvalue weighted by Gasteiger charge is 2.22. The maximum Gasteiger partial charge on any atom is 0.347 e. The number of hydrazine groups is 1. The van der Waals surface area contributed by atoms with Crippen molar-refractivity contribution in [3.05, 3.63) is 89.8 Å². The molecule has 1 heterocycles. The number of ether oxygens (including phenoxy) is 1. The topological polar surface area (TPSA) is 95.6 Å². The van der Waals surface area contributed by atoms with Gasteiger partial charge in [0.1, 0.15) is 5.75 Å². The molecule has 0 aliphatic heterocycles. The maximum atomic E-state index is 13.1. The fraction of sp³-hybridized carbons (Fsp3) is 0.0800. The van der Waals surface area contributed by atoms with Crippen LogP contribution in [0, 0.1) is 6.92 Å². The van der Waals surface area contributed by atoms with Gasteiger partial charge in [-0.1, -0.05) is 35.9 Å². The summed E-state index contributed by atoms with van der Waals surface area (Å²) < 4.78 is 5.20. The van der Waals surface area contributed by atoms with Gasteiger partial charge < -0.3 is 15.4 Å². The second-order valence-electron chi connectivity index (χ2n) is 7.31. The standard InChI is InChI=1S/C25H23N5O3S/c1-17-8-12-20(13-9-17)27-24(32)30(29-23(31)26-19-6-4-3-5-7-19)25-28-22(16-34-25)18-10-14-21(33-2)15-11-18/h3-16H,1-2H3,(H,27,32)(H2,26,29,31). The van der Waals surface area contributed by atoms with Crippen LogP contribution in [0.5, 0.6) is 5.75 Å². The maximum absolute atomic E-state index is 13.1. The number of aryl methyl sites for hydroxylation is 1. The summed E-state index contributed by atoms with van der Waals surface area (Å²) in [5.74, 6) is 0.734. The van der Waals surface area contributed by atoms with E-state index in [4.69, 9.17) is 4.74 Å². The Morgan fingerprint density at radius 1 is 0.882 bits per heavy atom. The molecule has 0 saturated heterocycles. The van der Waals surface area contributed by atoms with E-state index in [0.717, 1.165) is 21.9 Å². The number of methoxy groups -OCH3 is 1. The van der Waals surface area contributed by atoms with Crippen molar-refractivity contribution in [3.63, 3.8) is 0 Å². The molecule has 0 spiro atoms. The summed E-state index contributed by atoms with van der Waals surface area (Å²) in [4.78, 5) is 30.4. The van der Waals surface area contributed by atoms with Crippen LogP contribution in [0.2, 0.25) is 0 Å². The predicted molar refractivity (Wildman–Crippen MR) is 135 cm³/mol. The van der Waals surface area contributed by atoms with E-state index in [1.165, 1.54) is 11.3 Å². The lowest BCUT2D eigenvalue weighted by Crippen LogP contribution is -2.50. The minimum atomic E-state index is -0.577. The Kier molecular flexibility index (Phi) is 7.04. The van der Waals surface area contributed by atoms with E-state index in [2.05, 4.69) is 21.0 Å². The molecule has 0 bridgehead atoms. The van der Waals surface area contributed by atoms with Crippen molar-refractivity contribution in [1.29, 1.82) is 0 Å². The SMILES string of the molecule is COc1ccc(-c2csc(N(NC(=O)Nc3ccccc3)C(=O)Nc3ccc(C)cc3)n2)cc1. The van der Waals surface area contributed by atoms with Gasteiger partial charge in [0.25, 0.3) is 0 Å². The number of thiazole rings is 1. The molecule has 0 saturated carbocycles. The lowest BCUT2D eigenvalue weighted by molar-refractivity contribution is 0.243. The van der Waals surface area contributed by atoms with E-state index in [0.29, 0.717) is 22.2 Å². The zero-order chi connectivity index (χ0) is 23.9. The van der Waals surface area contributed by atoms with Crippen molar-refractivity contribution in [2.45, 2.75) is 6.92 Å². The van der Waals surface area contributed by atoms with E-state index in [9.17, 15) is 9.59 Å². The second kappa shape index (κ2) is 10.5. The van der Waals surface area contributed by atoms with Gasteiger partial charge in [0.05, 0.1) is 12.8 Å². The summed E-state index contributed by atoms with van der Waals surface area (Å²) in [6.07, 6.45) is 0. The van der Waals surface area contributed by atoms with E-state index in [-0.39, 0.29) is 0 Å². The fourth-order valence-electron chi connectivity index (χ4n) is 3.05. The molecule has 34 heavy (non-hydrogen) atoms. The molecule has 172 valence electrons. The first-order chi connectivity index (χ1) is 16.5. The van der Waals surface area contributed by atoms with Crippen molar-refractivity contribution in [1.82, 2.24) is 10.4 Å². The number of aromatic nitrogens is 1. The van der Waals surface area contributed by atoms with Crippen molar-refractivity contribution in [3.8, 4) is 17.0 Å². The summed E-state index contributed by atoms with van der Waals surface area (Å²) in [6, 6.07) is 22.6. The van der Waals surface area contributed by atoms with Crippen molar-refractivity contribution in [2.75, 3.05) is 22.8 Å². The molecule has 4 rings (SSSR count). The average molecular weight is 474 g/mol. The zero-order valence-corrected chi connectivity index (χ0v) is 19.4. The lowest BCUT2D eigenvalue weighted by atomic mass is 10.2. The third-order valence-electron chi connectivity index (χ3n) is 4.82. The Morgan fingerprint density at radius 3 is 2.24 bits per heavy atom. The number of para-hydroxylation sites is 1. The van der Waals surface area contributed by atoms with Gasteiger partial charge in [-0.05, 0) is 55.5 Å². The van der Waals surface area contributed by atoms with Crippen LogP contribution in [0.4, 0.5) is 26.1 Å². The highest BCUT2D eigenvalue weighted by Crippen LogP contribution is 2.28. The monoisotopic (exact) mass is 473 g/mol. The number of carbonyl (C=O) groups is 2. The minimum absolute atomic E-state index is 0.304. The van der Waals surface area contributed by atoms with Gasteiger partial charge in [0.2, 0.25) is 5.13 Å². The normalized spacial score (nSPS) is 10.3. The number of amides is 4. The molecule has 4 aromatic rings. The Morgan fingerprint density at radius 2 is 1.56 bits per heavy atom. The fourth-order valence-corrected chi connectivity index (χ4v) is 3.84. The lowest BCUT2D eigenvalue weighted by Gasteiger charge is -2.21. The summed E-state index contributed by atoms with van der Waals surface area (Å²) in [6.45, 7) is 1.96. The van der Waals surface area contributed by atoms with Gasteiger partial charge in [-0.2, -0.15) is 5.01 Å². The highest BCUT2D eigenvalue weighted by molar-refractivity contribution is 7.14. The van der Waals surface area contributed by atoms with Gasteiger partial charge in [0.15, 0.2) is 0 Å². The molecule has 9 heteroatoms. The number of rotatable bonds is 5. The van der Waals surface area contributed by atoms with Gasteiger partial charge in [-0.3, -0.25) is 0 Å². The van der Waals surface area contributed by atoms with E-state index in [1.807, 2.05) is 54.8 Å². The number of anilines is 3. The number of carbonyl (C=O) groups excluding carboxylic acids is 2. The molecule has 8 nitrogen and oxygen atoms in total. The molecule has 0 unspecified atom stereocenters. The second-order valence-corrected chi connectivity index (χ2v) is 8.14. The number of hydrogen-bond acceptors (Lipinski definition) is 5. The van der Waals surface area contributed by atoms with Gasteiger partial charge >= 0.3 is 12.1 Å². The van der Waals surface area contributed by atoms with Crippen LogP contribution in [-0.2, 0) is 0 Å². The van der Waals surface area contributed by atoms with Crippen LogP contribution in [0.1, 0.15) is 5.56 Å². The minimum Gasteiger partial charge on any atom is -0.497 e. The van der Waals surface area contributed by atoms with Crippen LogP contribution in [0.25, 0.3) is 11.3 Å². The molecule has 0 fully saturated rings. The van der Waals surface area contributed by atoms with Gasteiger partial charge in [-0.25, -0.2) is 20.0 Å². The van der Waals surface area contributed by atoms with E-state index >= 15 is 0 Å². The number of urea groups is 2. The van der Waals surface area contributed by atoms with Crippen LogP contribution in [0.3, 0.4) is 0 Å². The third-order valence-corrected chi connectivity index (χ3v) is 5.65. The molecule has 0 radical (unpaired) electrons. The Labute approximate surface area is 201 Å². The van der Waals surface area contributed by atoms with Crippen molar-refractivity contribution >= 4 is 39.9 Å². The number of nitrogens with zero attached hydrogens (tertiary/aromatic N) is 2. The number of nitrogens with one attached hydrogen (secondary N) is 3. The third kappa shape index (κ3) is 5.70. The Hall–Kier alpha value is -4.37. The number of hydrogen-bond donors (Lipinski definition) is 3. The Bertz CT molecular complexity index is 1260. The highest BCUT2D eigenvalue weighted by atomic mass is 32.1. The molecule has 4 amide bonds. The summed E-state index contributed by atoms with van der Waals surface area (Å²) in [5.41, 5.74) is 6.38. The quantitative estimate of drug-likeness (QED) is 0.314. The van der Waals surface area contributed by atoms with Gasteiger partial charge in [0, 0.05) is 22.3 Å². The van der Waals surface area contributed by atoms with E-state index < -0.39 is 12.1 Å². The molecular formula is C25H23N5O3S. The summed E-state index contributed by atoms with van der Waals surface area (Å²) >= 11 is 1.23. The molecule has 0 aliphatic carbocycles.